The van der Waals surface area contributed by atoms with Crippen molar-refractivity contribution in [2.75, 3.05) is 13.6 Å². The summed E-state index contributed by atoms with van der Waals surface area (Å²) in [7, 11) is 1.82. The van der Waals surface area contributed by atoms with E-state index in [4.69, 9.17) is 0 Å². The van der Waals surface area contributed by atoms with Gasteiger partial charge in [-0.25, -0.2) is 4.39 Å². The first-order valence-corrected chi connectivity index (χ1v) is 5.64. The van der Waals surface area contributed by atoms with Gasteiger partial charge in [0.05, 0.1) is 0 Å². The van der Waals surface area contributed by atoms with E-state index in [1.807, 2.05) is 14.0 Å². The summed E-state index contributed by atoms with van der Waals surface area (Å²) < 4.78 is 12.7. The lowest BCUT2D eigenvalue weighted by atomic mass is 10.1. The highest BCUT2D eigenvalue weighted by molar-refractivity contribution is 5.82. The molecular formula is C13H16FNO. The van der Waals surface area contributed by atoms with Gasteiger partial charge in [-0.15, -0.1) is 0 Å². The first-order valence-electron chi connectivity index (χ1n) is 5.64. The highest BCUT2D eigenvalue weighted by Crippen LogP contribution is 2.48. The largest absolute Gasteiger partial charge is 0.346 e. The van der Waals surface area contributed by atoms with Gasteiger partial charge in [0.25, 0.3) is 0 Å². The van der Waals surface area contributed by atoms with Gasteiger partial charge >= 0.3 is 0 Å². The molecule has 16 heavy (non-hydrogen) atoms. The molecule has 0 radical (unpaired) electrons. The number of hydrogen-bond acceptors (Lipinski definition) is 1. The second-order valence-corrected chi connectivity index (χ2v) is 4.35. The minimum atomic E-state index is -0.224. The third kappa shape index (κ3) is 2.08. The fourth-order valence-corrected chi connectivity index (χ4v) is 1.99. The second kappa shape index (κ2) is 4.24. The van der Waals surface area contributed by atoms with Crippen LogP contribution in [0.15, 0.2) is 24.3 Å². The van der Waals surface area contributed by atoms with E-state index >= 15 is 0 Å². The van der Waals surface area contributed by atoms with Crippen molar-refractivity contribution < 1.29 is 9.18 Å². The fraction of sp³-hybridized carbons (Fsp3) is 0.462. The van der Waals surface area contributed by atoms with E-state index in [1.165, 1.54) is 12.1 Å². The monoisotopic (exact) mass is 221 g/mol. The van der Waals surface area contributed by atoms with Crippen molar-refractivity contribution in [1.82, 2.24) is 4.90 Å². The predicted molar refractivity (Wildman–Crippen MR) is 60.6 cm³/mol. The zero-order valence-electron chi connectivity index (χ0n) is 9.61. The molecule has 0 heterocycles. The second-order valence-electron chi connectivity index (χ2n) is 4.35. The van der Waals surface area contributed by atoms with Crippen LogP contribution in [0.5, 0.6) is 0 Å². The van der Waals surface area contributed by atoms with Crippen molar-refractivity contribution in [3.05, 3.63) is 35.6 Å². The molecule has 1 saturated carbocycles. The molecule has 1 aliphatic carbocycles. The van der Waals surface area contributed by atoms with E-state index in [0.717, 1.165) is 18.5 Å². The van der Waals surface area contributed by atoms with Crippen LogP contribution in [0.4, 0.5) is 4.39 Å². The Hall–Kier alpha value is -1.38. The van der Waals surface area contributed by atoms with E-state index < -0.39 is 0 Å². The zero-order valence-corrected chi connectivity index (χ0v) is 9.61. The van der Waals surface area contributed by atoms with Crippen LogP contribution < -0.4 is 0 Å². The molecule has 2 atom stereocenters. The summed E-state index contributed by atoms with van der Waals surface area (Å²) in [4.78, 5) is 13.6. The highest BCUT2D eigenvalue weighted by atomic mass is 19.1. The molecule has 0 aromatic heterocycles. The summed E-state index contributed by atoms with van der Waals surface area (Å²) >= 11 is 0. The highest BCUT2D eigenvalue weighted by Gasteiger charge is 2.44. The summed E-state index contributed by atoms with van der Waals surface area (Å²) in [6.07, 6.45) is 0.898. The topological polar surface area (TPSA) is 20.3 Å². The molecule has 0 aliphatic heterocycles. The number of carbonyl (C=O) groups excluding carboxylic acids is 1. The molecule has 2 rings (SSSR count). The Bertz CT molecular complexity index is 387. The maximum absolute atomic E-state index is 12.7. The first-order chi connectivity index (χ1) is 7.63. The minimum Gasteiger partial charge on any atom is -0.346 e. The standard InChI is InChI=1S/C13H16FNO/c1-3-15(2)13(16)12-8-11(12)9-4-6-10(14)7-5-9/h4-7,11-12H,3,8H2,1-2H3. The molecule has 2 unspecified atom stereocenters. The van der Waals surface area contributed by atoms with Crippen LogP contribution in [-0.4, -0.2) is 24.4 Å². The Morgan fingerprint density at radius 2 is 2.06 bits per heavy atom. The summed E-state index contributed by atoms with van der Waals surface area (Å²) in [5, 5.41) is 0. The van der Waals surface area contributed by atoms with Crippen LogP contribution in [0.2, 0.25) is 0 Å². The lowest BCUT2D eigenvalue weighted by molar-refractivity contribution is -0.131. The van der Waals surface area contributed by atoms with Gasteiger partial charge in [0.1, 0.15) is 5.82 Å². The molecule has 1 aliphatic rings. The predicted octanol–water partition coefficient (Wildman–Crippen LogP) is 2.41. The number of hydrogen-bond donors (Lipinski definition) is 0. The number of halogens is 1. The summed E-state index contributed by atoms with van der Waals surface area (Å²) in [5.74, 6) is 0.382. The molecule has 0 bridgehead atoms. The zero-order chi connectivity index (χ0) is 11.7. The Labute approximate surface area is 95.1 Å². The molecule has 2 nitrogen and oxygen atoms in total. The van der Waals surface area contributed by atoms with Crippen LogP contribution in [0.1, 0.15) is 24.8 Å². The van der Waals surface area contributed by atoms with Gasteiger partial charge in [-0.1, -0.05) is 12.1 Å². The van der Waals surface area contributed by atoms with Gasteiger partial charge in [-0.2, -0.15) is 0 Å². The molecule has 0 spiro atoms. The van der Waals surface area contributed by atoms with Crippen LogP contribution >= 0.6 is 0 Å². The van der Waals surface area contributed by atoms with Crippen LogP contribution in [0, 0.1) is 11.7 Å². The fourth-order valence-electron chi connectivity index (χ4n) is 1.99. The number of benzene rings is 1. The van der Waals surface area contributed by atoms with Gasteiger partial charge in [-0.3, -0.25) is 4.79 Å². The average molecular weight is 221 g/mol. The molecule has 1 fully saturated rings. The lowest BCUT2D eigenvalue weighted by Crippen LogP contribution is -2.28. The summed E-state index contributed by atoms with van der Waals surface area (Å²) in [5.41, 5.74) is 1.07. The number of carbonyl (C=O) groups is 1. The van der Waals surface area contributed by atoms with Gasteiger partial charge in [0.2, 0.25) is 5.91 Å². The number of rotatable bonds is 3. The lowest BCUT2D eigenvalue weighted by Gasteiger charge is -2.14. The molecule has 1 aromatic rings. The van der Waals surface area contributed by atoms with Crippen LogP contribution in [0.25, 0.3) is 0 Å². The van der Waals surface area contributed by atoms with Crippen molar-refractivity contribution in [2.24, 2.45) is 5.92 Å². The molecule has 0 N–H and O–H groups in total. The molecule has 86 valence electrons. The summed E-state index contributed by atoms with van der Waals surface area (Å²) in [6, 6.07) is 6.47. The normalized spacial score (nSPS) is 22.9. The van der Waals surface area contributed by atoms with Crippen molar-refractivity contribution in [3.63, 3.8) is 0 Å². The molecule has 1 amide bonds. The Morgan fingerprint density at radius 3 is 2.62 bits per heavy atom. The maximum Gasteiger partial charge on any atom is 0.226 e. The van der Waals surface area contributed by atoms with E-state index in [-0.39, 0.29) is 17.6 Å². The minimum absolute atomic E-state index is 0.107. The quantitative estimate of drug-likeness (QED) is 0.767. The first kappa shape index (κ1) is 11.1. The maximum atomic E-state index is 12.7. The summed E-state index contributed by atoms with van der Waals surface area (Å²) in [6.45, 7) is 2.71. The Kier molecular flexibility index (Phi) is 2.95. The van der Waals surface area contributed by atoms with Crippen LogP contribution in [-0.2, 0) is 4.79 Å². The van der Waals surface area contributed by atoms with Gasteiger partial charge in [0, 0.05) is 19.5 Å². The van der Waals surface area contributed by atoms with Crippen LogP contribution in [0.3, 0.4) is 0 Å². The van der Waals surface area contributed by atoms with Gasteiger partial charge in [-0.05, 0) is 37.0 Å². The van der Waals surface area contributed by atoms with E-state index in [1.54, 1.807) is 17.0 Å². The van der Waals surface area contributed by atoms with E-state index in [9.17, 15) is 9.18 Å². The molecule has 1 aromatic carbocycles. The SMILES string of the molecule is CCN(C)C(=O)C1CC1c1ccc(F)cc1. The third-order valence-electron chi connectivity index (χ3n) is 3.26. The average Bonchev–Trinajstić information content (AvgIpc) is 3.08. The Morgan fingerprint density at radius 1 is 1.44 bits per heavy atom. The van der Waals surface area contributed by atoms with Gasteiger partial charge in [0.15, 0.2) is 0 Å². The van der Waals surface area contributed by atoms with Crippen molar-refractivity contribution in [3.8, 4) is 0 Å². The Balaban J connectivity index is 2.01. The van der Waals surface area contributed by atoms with Crippen molar-refractivity contribution >= 4 is 5.91 Å². The van der Waals surface area contributed by atoms with Crippen molar-refractivity contribution in [1.29, 1.82) is 0 Å². The number of amides is 1. The molecular weight excluding hydrogens is 205 g/mol. The van der Waals surface area contributed by atoms with Crippen molar-refractivity contribution in [2.45, 2.75) is 19.3 Å². The van der Waals surface area contributed by atoms with E-state index in [2.05, 4.69) is 0 Å². The third-order valence-corrected chi connectivity index (χ3v) is 3.26. The number of nitrogens with zero attached hydrogens (tertiary/aromatic N) is 1. The molecule has 0 saturated heterocycles. The molecule has 3 heteroatoms. The van der Waals surface area contributed by atoms with E-state index in [0.29, 0.717) is 5.92 Å². The van der Waals surface area contributed by atoms with Gasteiger partial charge < -0.3 is 4.90 Å². The smallest absolute Gasteiger partial charge is 0.226 e.